The van der Waals surface area contributed by atoms with Gasteiger partial charge in [0.25, 0.3) is 0 Å². The molecule has 3 unspecified atom stereocenters. The van der Waals surface area contributed by atoms with Crippen molar-refractivity contribution >= 4 is 35.5 Å². The summed E-state index contributed by atoms with van der Waals surface area (Å²) in [4.78, 5) is 47.8. The van der Waals surface area contributed by atoms with Crippen molar-refractivity contribution in [2.45, 2.75) is 64.6 Å². The molecular weight excluding hydrogens is 560 g/mol. The molecule has 0 saturated carbocycles. The highest BCUT2D eigenvalue weighted by molar-refractivity contribution is 6.31. The van der Waals surface area contributed by atoms with E-state index in [1.807, 2.05) is 12.1 Å². The van der Waals surface area contributed by atoms with Crippen LogP contribution in [0.3, 0.4) is 0 Å². The first-order valence-electron chi connectivity index (χ1n) is 12.9. The van der Waals surface area contributed by atoms with E-state index in [1.54, 1.807) is 30.3 Å². The zero-order valence-electron chi connectivity index (χ0n) is 23.2. The number of rotatable bonds is 11. The van der Waals surface area contributed by atoms with Crippen LogP contribution < -0.4 is 4.74 Å². The number of esters is 4. The van der Waals surface area contributed by atoms with Gasteiger partial charge in [0, 0.05) is 32.7 Å². The molecule has 0 spiro atoms. The van der Waals surface area contributed by atoms with Gasteiger partial charge in [-0.25, -0.2) is 0 Å². The third-order valence-corrected chi connectivity index (χ3v) is 6.44. The molecule has 41 heavy (non-hydrogen) atoms. The van der Waals surface area contributed by atoms with E-state index in [4.69, 9.17) is 45.1 Å². The minimum atomic E-state index is -1.27. The van der Waals surface area contributed by atoms with Crippen molar-refractivity contribution in [1.29, 1.82) is 0 Å². The van der Waals surface area contributed by atoms with Gasteiger partial charge in [0.15, 0.2) is 18.3 Å². The molecule has 12 heteroatoms. The summed E-state index contributed by atoms with van der Waals surface area (Å²) < 4.78 is 33.4. The van der Waals surface area contributed by atoms with Gasteiger partial charge in [-0.3, -0.25) is 19.2 Å². The Labute approximate surface area is 242 Å². The molecular formula is C29H33ClO11. The lowest BCUT2D eigenvalue weighted by Crippen LogP contribution is -2.59. The largest absolute Gasteiger partial charge is 0.491 e. The maximum absolute atomic E-state index is 12.2. The fourth-order valence-corrected chi connectivity index (χ4v) is 4.68. The van der Waals surface area contributed by atoms with Gasteiger partial charge in [0.2, 0.25) is 0 Å². The van der Waals surface area contributed by atoms with Crippen molar-refractivity contribution in [2.75, 3.05) is 19.8 Å². The molecule has 1 fully saturated rings. The monoisotopic (exact) mass is 592 g/mol. The first-order chi connectivity index (χ1) is 19.5. The van der Waals surface area contributed by atoms with Crippen molar-refractivity contribution < 1.29 is 52.7 Å². The van der Waals surface area contributed by atoms with Gasteiger partial charge < -0.3 is 33.5 Å². The minimum Gasteiger partial charge on any atom is -0.491 e. The second-order valence-electron chi connectivity index (χ2n) is 9.36. The normalized spacial score (nSPS) is 21.9. The van der Waals surface area contributed by atoms with Crippen LogP contribution in [0.25, 0.3) is 0 Å². The molecule has 1 N–H and O–H groups in total. The lowest BCUT2D eigenvalue weighted by atomic mass is 9.89. The highest BCUT2D eigenvalue weighted by Crippen LogP contribution is 2.39. The summed E-state index contributed by atoms with van der Waals surface area (Å²) in [5.41, 5.74) is 2.17. The summed E-state index contributed by atoms with van der Waals surface area (Å²) >= 11 is 6.53. The highest BCUT2D eigenvalue weighted by atomic mass is 35.5. The Hall–Kier alpha value is -3.67. The van der Waals surface area contributed by atoms with Crippen molar-refractivity contribution in [3.05, 3.63) is 64.2 Å². The van der Waals surface area contributed by atoms with Gasteiger partial charge >= 0.3 is 23.9 Å². The second-order valence-corrected chi connectivity index (χ2v) is 9.77. The topological polar surface area (TPSA) is 144 Å². The van der Waals surface area contributed by atoms with Crippen LogP contribution in [0.5, 0.6) is 5.75 Å². The number of ether oxygens (including phenoxy) is 6. The summed E-state index contributed by atoms with van der Waals surface area (Å²) in [5.74, 6) is -2.08. The molecule has 1 aliphatic heterocycles. The summed E-state index contributed by atoms with van der Waals surface area (Å²) in [5, 5.41) is 9.42. The van der Waals surface area contributed by atoms with Crippen molar-refractivity contribution in [2.24, 2.45) is 0 Å². The Morgan fingerprint density at radius 2 is 1.44 bits per heavy atom. The quantitative estimate of drug-likeness (QED) is 0.303. The molecule has 0 bridgehead atoms. The third-order valence-electron chi connectivity index (χ3n) is 6.07. The SMILES string of the molecule is CC(=O)OCC1O[C@@H](c2ccc(Cl)c(Cc3ccc(OCCO)cc3)c2)[C@H](OC(C)=O)C(OC(C)=O)C1OC(C)=O. The Morgan fingerprint density at radius 1 is 0.829 bits per heavy atom. The van der Waals surface area contributed by atoms with E-state index in [-0.39, 0.29) is 19.8 Å². The fraction of sp³-hybridized carbons (Fsp3) is 0.448. The van der Waals surface area contributed by atoms with Crippen LogP contribution in [0.4, 0.5) is 0 Å². The van der Waals surface area contributed by atoms with Gasteiger partial charge in [-0.1, -0.05) is 35.9 Å². The molecule has 1 aliphatic rings. The molecule has 0 radical (unpaired) electrons. The van der Waals surface area contributed by atoms with Crippen molar-refractivity contribution in [1.82, 2.24) is 0 Å². The first-order valence-corrected chi connectivity index (χ1v) is 13.3. The third kappa shape index (κ3) is 9.17. The Kier molecular flexibility index (Phi) is 11.5. The zero-order chi connectivity index (χ0) is 30.1. The van der Waals surface area contributed by atoms with E-state index in [2.05, 4.69) is 0 Å². The number of hydrogen-bond donors (Lipinski definition) is 1. The average Bonchev–Trinajstić information content (AvgIpc) is 2.90. The summed E-state index contributed by atoms with van der Waals surface area (Å²) in [6.07, 6.45) is -5.38. The van der Waals surface area contributed by atoms with Crippen LogP contribution in [-0.4, -0.2) is 73.2 Å². The standard InChI is InChI=1S/C29H33ClO11/c1-16(32)37-15-25-27(38-17(2)33)29(40-19(4)35)28(39-18(3)34)26(41-25)21-7-10-24(30)22(14-21)13-20-5-8-23(9-6-20)36-12-11-31/h5-10,14,25-29,31H,11-13,15H2,1-4H3/t25?,26-,27?,28-,29?/m0/s1. The van der Waals surface area contributed by atoms with E-state index >= 15 is 0 Å². The van der Waals surface area contributed by atoms with E-state index < -0.39 is 54.4 Å². The van der Waals surface area contributed by atoms with Gasteiger partial charge in [-0.15, -0.1) is 0 Å². The molecule has 0 aliphatic carbocycles. The Morgan fingerprint density at radius 3 is 2.02 bits per heavy atom. The number of hydrogen-bond acceptors (Lipinski definition) is 11. The van der Waals surface area contributed by atoms with E-state index in [0.29, 0.717) is 22.8 Å². The van der Waals surface area contributed by atoms with Crippen LogP contribution in [0.2, 0.25) is 5.02 Å². The highest BCUT2D eigenvalue weighted by Gasteiger charge is 2.52. The Balaban J connectivity index is 2.00. The lowest BCUT2D eigenvalue weighted by molar-refractivity contribution is -0.254. The summed E-state index contributed by atoms with van der Waals surface area (Å²) in [6.45, 7) is 4.50. The molecule has 0 aromatic heterocycles. The summed E-state index contributed by atoms with van der Waals surface area (Å²) in [7, 11) is 0. The maximum Gasteiger partial charge on any atom is 0.303 e. The number of carbonyl (C=O) groups is 4. The fourth-order valence-electron chi connectivity index (χ4n) is 4.49. The molecule has 0 amide bonds. The molecule has 5 atom stereocenters. The van der Waals surface area contributed by atoms with Gasteiger partial charge in [-0.2, -0.15) is 0 Å². The molecule has 3 rings (SSSR count). The molecule has 1 saturated heterocycles. The first kappa shape index (κ1) is 31.9. The minimum absolute atomic E-state index is 0.0939. The van der Waals surface area contributed by atoms with Crippen molar-refractivity contribution in [3.63, 3.8) is 0 Å². The molecule has 2 aromatic carbocycles. The number of aliphatic hydroxyl groups is 1. The van der Waals surface area contributed by atoms with Crippen molar-refractivity contribution in [3.8, 4) is 5.75 Å². The summed E-state index contributed by atoms with van der Waals surface area (Å²) in [6, 6.07) is 12.4. The zero-order valence-corrected chi connectivity index (χ0v) is 23.9. The van der Waals surface area contributed by atoms with Gasteiger partial charge in [0.05, 0.1) is 6.61 Å². The van der Waals surface area contributed by atoms with Crippen LogP contribution >= 0.6 is 11.6 Å². The maximum atomic E-state index is 12.2. The van der Waals surface area contributed by atoms with E-state index in [9.17, 15) is 19.2 Å². The van der Waals surface area contributed by atoms with Crippen LogP contribution in [0.15, 0.2) is 42.5 Å². The second kappa shape index (κ2) is 14.8. The number of halogens is 1. The van der Waals surface area contributed by atoms with E-state index in [1.165, 1.54) is 20.8 Å². The number of carbonyl (C=O) groups excluding carboxylic acids is 4. The lowest BCUT2D eigenvalue weighted by Gasteiger charge is -2.44. The molecule has 1 heterocycles. The number of benzene rings is 2. The average molecular weight is 593 g/mol. The molecule has 2 aromatic rings. The van der Waals surface area contributed by atoms with Gasteiger partial charge in [0.1, 0.15) is 31.2 Å². The molecule has 11 nitrogen and oxygen atoms in total. The smallest absolute Gasteiger partial charge is 0.303 e. The van der Waals surface area contributed by atoms with Crippen LogP contribution in [-0.2, 0) is 49.3 Å². The number of aliphatic hydroxyl groups excluding tert-OH is 1. The predicted molar refractivity (Wildman–Crippen MR) is 144 cm³/mol. The molecule has 222 valence electrons. The van der Waals surface area contributed by atoms with E-state index in [0.717, 1.165) is 18.1 Å². The predicted octanol–water partition coefficient (Wildman–Crippen LogP) is 3.10. The van der Waals surface area contributed by atoms with Crippen LogP contribution in [0.1, 0.15) is 50.5 Å². The van der Waals surface area contributed by atoms with Gasteiger partial charge in [-0.05, 0) is 41.3 Å². The van der Waals surface area contributed by atoms with Crippen LogP contribution in [0, 0.1) is 0 Å². The Bertz CT molecular complexity index is 1230.